The molecule has 9 heteroatoms. The quantitative estimate of drug-likeness (QED) is 0.757. The number of aryl methyl sites for hydroxylation is 1. The number of fused-ring (bicyclic) bond motifs is 1. The Balaban J connectivity index is 1.79. The molecule has 1 atom stereocenters. The summed E-state index contributed by atoms with van der Waals surface area (Å²) in [7, 11) is -2.02. The molecule has 0 radical (unpaired) electrons. The van der Waals surface area contributed by atoms with Crippen molar-refractivity contribution in [2.45, 2.75) is 23.9 Å². The normalized spacial score (nSPS) is 18.8. The van der Waals surface area contributed by atoms with E-state index < -0.39 is 16.1 Å². The molecule has 3 aromatic rings. The lowest BCUT2D eigenvalue weighted by Crippen LogP contribution is -2.32. The summed E-state index contributed by atoms with van der Waals surface area (Å²) in [6.45, 7) is 0.375. The Hall–Kier alpha value is -2.52. The minimum Gasteiger partial charge on any atom is -0.339 e. The molecule has 3 heterocycles. The number of nitrogens with zero attached hydrogens (tertiary/aromatic N) is 4. The predicted octanol–water partition coefficient (Wildman–Crippen LogP) is 1.18. The van der Waals surface area contributed by atoms with E-state index >= 15 is 0 Å². The van der Waals surface area contributed by atoms with Gasteiger partial charge in [-0.15, -0.1) is 0 Å². The van der Waals surface area contributed by atoms with Crippen molar-refractivity contribution >= 4 is 20.9 Å². The lowest BCUT2D eigenvalue weighted by molar-refractivity contribution is 0.382. The number of imidazole rings is 1. The first-order chi connectivity index (χ1) is 12.0. The topological polar surface area (TPSA) is 101 Å². The van der Waals surface area contributed by atoms with Gasteiger partial charge in [0.05, 0.1) is 23.3 Å². The summed E-state index contributed by atoms with van der Waals surface area (Å²) in [5, 5.41) is 0.494. The molecule has 0 amide bonds. The fourth-order valence-corrected chi connectivity index (χ4v) is 4.84. The molecule has 2 aromatic heterocycles. The average Bonchev–Trinajstić information content (AvgIpc) is 3.24. The number of nitrogens with one attached hydrogen (secondary N) is 1. The number of sulfonamides is 1. The maximum absolute atomic E-state index is 12.9. The van der Waals surface area contributed by atoms with Gasteiger partial charge in [-0.1, -0.05) is 12.1 Å². The second kappa shape index (κ2) is 5.78. The summed E-state index contributed by atoms with van der Waals surface area (Å²) in [6.07, 6.45) is 4.23. The molecule has 0 aliphatic carbocycles. The molecule has 4 rings (SSSR count). The van der Waals surface area contributed by atoms with Gasteiger partial charge in [-0.3, -0.25) is 4.79 Å². The molecule has 1 unspecified atom stereocenters. The van der Waals surface area contributed by atoms with Gasteiger partial charge in [0, 0.05) is 19.8 Å². The molecular formula is C16H17N5O3S. The highest BCUT2D eigenvalue weighted by molar-refractivity contribution is 7.89. The number of H-pyrrole nitrogens is 1. The molecule has 1 aromatic carbocycles. The monoisotopic (exact) mass is 359 g/mol. The van der Waals surface area contributed by atoms with Crippen LogP contribution in [0.1, 0.15) is 24.7 Å². The minimum absolute atomic E-state index is 0.00466. The van der Waals surface area contributed by atoms with Crippen LogP contribution in [-0.4, -0.2) is 38.8 Å². The van der Waals surface area contributed by atoms with Gasteiger partial charge < -0.3 is 9.55 Å². The van der Waals surface area contributed by atoms with Crippen LogP contribution in [0.5, 0.6) is 0 Å². The van der Waals surface area contributed by atoms with E-state index in [1.165, 1.54) is 16.8 Å². The summed E-state index contributed by atoms with van der Waals surface area (Å²) >= 11 is 0. The molecular weight excluding hydrogens is 342 g/mol. The van der Waals surface area contributed by atoms with Crippen LogP contribution in [0.15, 0.2) is 46.6 Å². The number of hydrogen-bond acceptors (Lipinski definition) is 5. The van der Waals surface area contributed by atoms with Crippen LogP contribution >= 0.6 is 0 Å². The Bertz CT molecular complexity index is 1100. The zero-order valence-corrected chi connectivity index (χ0v) is 14.4. The van der Waals surface area contributed by atoms with Crippen LogP contribution in [0.25, 0.3) is 10.9 Å². The second-order valence-electron chi connectivity index (χ2n) is 6.12. The van der Waals surface area contributed by atoms with Crippen molar-refractivity contribution < 1.29 is 8.42 Å². The third-order valence-electron chi connectivity index (χ3n) is 4.40. The van der Waals surface area contributed by atoms with Crippen LogP contribution in [-0.2, 0) is 17.1 Å². The SMILES string of the molecule is Cn1cnc(S(=O)(=O)N2CCCC2c2nc3ccccc3c(=O)[nH]2)c1. The van der Waals surface area contributed by atoms with Crippen molar-refractivity contribution in [3.8, 4) is 0 Å². The average molecular weight is 359 g/mol. The van der Waals surface area contributed by atoms with E-state index in [9.17, 15) is 13.2 Å². The fourth-order valence-electron chi connectivity index (χ4n) is 3.21. The van der Waals surface area contributed by atoms with E-state index in [2.05, 4.69) is 15.0 Å². The van der Waals surface area contributed by atoms with Crippen molar-refractivity contribution in [2.24, 2.45) is 7.05 Å². The van der Waals surface area contributed by atoms with Crippen LogP contribution in [0.3, 0.4) is 0 Å². The lowest BCUT2D eigenvalue weighted by atomic mass is 10.2. The third kappa shape index (κ3) is 2.65. The molecule has 1 saturated heterocycles. The second-order valence-corrected chi connectivity index (χ2v) is 7.96. The van der Waals surface area contributed by atoms with Crippen LogP contribution in [0, 0.1) is 0 Å². The Morgan fingerprint density at radius 3 is 2.84 bits per heavy atom. The van der Waals surface area contributed by atoms with Crippen molar-refractivity contribution in [3.05, 3.63) is 53.0 Å². The van der Waals surface area contributed by atoms with Gasteiger partial charge in [0.1, 0.15) is 5.82 Å². The number of aromatic amines is 1. The van der Waals surface area contributed by atoms with E-state index in [4.69, 9.17) is 0 Å². The summed E-state index contributed by atoms with van der Waals surface area (Å²) in [4.78, 5) is 23.5. The van der Waals surface area contributed by atoms with Gasteiger partial charge >= 0.3 is 0 Å². The standard InChI is InChI=1S/C16H17N5O3S/c1-20-9-14(17-10-20)25(23,24)21-8-4-7-13(21)15-18-12-6-3-2-5-11(12)16(22)19-15/h2-3,5-6,9-10,13H,4,7-8H2,1H3,(H,18,19,22). The van der Waals surface area contributed by atoms with E-state index in [1.807, 2.05) is 0 Å². The summed E-state index contributed by atoms with van der Waals surface area (Å²) in [6, 6.07) is 6.52. The van der Waals surface area contributed by atoms with E-state index in [0.29, 0.717) is 36.1 Å². The summed E-state index contributed by atoms with van der Waals surface area (Å²) < 4.78 is 28.8. The molecule has 8 nitrogen and oxygen atoms in total. The molecule has 1 aliphatic rings. The van der Waals surface area contributed by atoms with E-state index in [1.54, 1.807) is 35.9 Å². The molecule has 25 heavy (non-hydrogen) atoms. The molecule has 0 spiro atoms. The van der Waals surface area contributed by atoms with Crippen LogP contribution in [0.4, 0.5) is 0 Å². The van der Waals surface area contributed by atoms with E-state index in [-0.39, 0.29) is 10.6 Å². The Labute approximate surface area is 144 Å². The Kier molecular flexibility index (Phi) is 3.69. The third-order valence-corrected chi connectivity index (χ3v) is 6.20. The van der Waals surface area contributed by atoms with Gasteiger partial charge in [-0.05, 0) is 25.0 Å². The van der Waals surface area contributed by atoms with Crippen molar-refractivity contribution in [1.82, 2.24) is 23.8 Å². The largest absolute Gasteiger partial charge is 0.339 e. The maximum atomic E-state index is 12.9. The van der Waals surface area contributed by atoms with Gasteiger partial charge in [0.25, 0.3) is 15.6 Å². The smallest absolute Gasteiger partial charge is 0.262 e. The zero-order valence-electron chi connectivity index (χ0n) is 13.6. The molecule has 1 fully saturated rings. The highest BCUT2D eigenvalue weighted by atomic mass is 32.2. The Morgan fingerprint density at radius 1 is 1.28 bits per heavy atom. The molecule has 130 valence electrons. The van der Waals surface area contributed by atoms with Gasteiger partial charge in [0.2, 0.25) is 0 Å². The van der Waals surface area contributed by atoms with E-state index in [0.717, 1.165) is 0 Å². The molecule has 0 saturated carbocycles. The fraction of sp³-hybridized carbons (Fsp3) is 0.312. The molecule has 1 aliphatic heterocycles. The number of aromatic nitrogens is 4. The highest BCUT2D eigenvalue weighted by Gasteiger charge is 2.38. The van der Waals surface area contributed by atoms with Crippen molar-refractivity contribution in [2.75, 3.05) is 6.54 Å². The zero-order chi connectivity index (χ0) is 17.6. The van der Waals surface area contributed by atoms with Crippen LogP contribution < -0.4 is 5.56 Å². The number of rotatable bonds is 3. The molecule has 1 N–H and O–H groups in total. The number of para-hydroxylation sites is 1. The van der Waals surface area contributed by atoms with Gasteiger partial charge in [-0.25, -0.2) is 18.4 Å². The summed E-state index contributed by atoms with van der Waals surface area (Å²) in [5.74, 6) is 0.376. The molecule has 0 bridgehead atoms. The first kappa shape index (κ1) is 16.0. The summed E-state index contributed by atoms with van der Waals surface area (Å²) in [5.41, 5.74) is 0.297. The minimum atomic E-state index is -3.74. The first-order valence-corrected chi connectivity index (χ1v) is 9.39. The van der Waals surface area contributed by atoms with Crippen LogP contribution in [0.2, 0.25) is 0 Å². The van der Waals surface area contributed by atoms with Gasteiger partial charge in [0.15, 0.2) is 5.03 Å². The van der Waals surface area contributed by atoms with Crippen molar-refractivity contribution in [1.29, 1.82) is 0 Å². The lowest BCUT2D eigenvalue weighted by Gasteiger charge is -2.22. The number of benzene rings is 1. The predicted molar refractivity (Wildman–Crippen MR) is 91.4 cm³/mol. The van der Waals surface area contributed by atoms with Crippen molar-refractivity contribution in [3.63, 3.8) is 0 Å². The van der Waals surface area contributed by atoms with Gasteiger partial charge in [-0.2, -0.15) is 4.31 Å². The maximum Gasteiger partial charge on any atom is 0.262 e. The number of hydrogen-bond donors (Lipinski definition) is 1. The first-order valence-electron chi connectivity index (χ1n) is 7.95. The highest BCUT2D eigenvalue weighted by Crippen LogP contribution is 2.34. The Morgan fingerprint density at radius 2 is 2.08 bits per heavy atom.